The Hall–Kier alpha value is -2.35. The molecule has 2 heterocycles. The maximum absolute atomic E-state index is 12.3. The Labute approximate surface area is 167 Å². The standard InChI is InChI=1S/C15H16F3N5O4S2/c1-9(13(24)19-10-6-7-29(25,26)8-10)28-14-20-21-22-23(14)11-2-4-12(5-3-11)27-15(16,17)18/h2-5,9-10H,6-8H2,1H3,(H,19,24). The molecule has 3 rings (SSSR count). The van der Waals surface area contributed by atoms with E-state index in [1.807, 2.05) is 0 Å². The summed E-state index contributed by atoms with van der Waals surface area (Å²) in [6.07, 6.45) is -4.42. The number of aromatic nitrogens is 4. The van der Waals surface area contributed by atoms with Crippen LogP contribution in [0.1, 0.15) is 13.3 Å². The summed E-state index contributed by atoms with van der Waals surface area (Å²) in [6, 6.07) is 4.50. The van der Waals surface area contributed by atoms with E-state index in [-0.39, 0.29) is 28.3 Å². The average molecular weight is 451 g/mol. The molecule has 0 radical (unpaired) electrons. The molecular weight excluding hydrogens is 435 g/mol. The first-order valence-electron chi connectivity index (χ1n) is 8.34. The van der Waals surface area contributed by atoms with E-state index in [2.05, 4.69) is 25.6 Å². The summed E-state index contributed by atoms with van der Waals surface area (Å²) in [7, 11) is -3.11. The Morgan fingerprint density at radius 3 is 2.62 bits per heavy atom. The van der Waals surface area contributed by atoms with Crippen LogP contribution in [0.3, 0.4) is 0 Å². The second-order valence-electron chi connectivity index (χ2n) is 6.28. The zero-order valence-corrected chi connectivity index (χ0v) is 16.6. The molecule has 1 aromatic heterocycles. The first-order valence-corrected chi connectivity index (χ1v) is 11.0. The van der Waals surface area contributed by atoms with Crippen LogP contribution in [0.25, 0.3) is 5.69 Å². The van der Waals surface area contributed by atoms with Gasteiger partial charge >= 0.3 is 6.36 Å². The molecule has 1 N–H and O–H groups in total. The Morgan fingerprint density at radius 1 is 1.34 bits per heavy atom. The zero-order valence-electron chi connectivity index (χ0n) is 15.0. The van der Waals surface area contributed by atoms with E-state index in [1.54, 1.807) is 6.92 Å². The molecule has 1 saturated heterocycles. The quantitative estimate of drug-likeness (QED) is 0.655. The monoisotopic (exact) mass is 451 g/mol. The van der Waals surface area contributed by atoms with E-state index < -0.39 is 27.5 Å². The van der Waals surface area contributed by atoms with E-state index in [9.17, 15) is 26.4 Å². The first kappa shape index (κ1) is 21.4. The maximum Gasteiger partial charge on any atom is 0.573 e. The summed E-state index contributed by atoms with van der Waals surface area (Å²) in [5.41, 5.74) is 0.376. The van der Waals surface area contributed by atoms with Crippen LogP contribution in [0.2, 0.25) is 0 Å². The lowest BCUT2D eigenvalue weighted by Gasteiger charge is -2.15. The summed E-state index contributed by atoms with van der Waals surface area (Å²) in [4.78, 5) is 12.3. The fourth-order valence-corrected chi connectivity index (χ4v) is 5.13. The number of benzene rings is 1. The van der Waals surface area contributed by atoms with E-state index in [0.717, 1.165) is 23.9 Å². The van der Waals surface area contributed by atoms with Crippen molar-refractivity contribution in [1.29, 1.82) is 0 Å². The van der Waals surface area contributed by atoms with Crippen molar-refractivity contribution in [3.05, 3.63) is 24.3 Å². The predicted octanol–water partition coefficient (Wildman–Crippen LogP) is 1.34. The lowest BCUT2D eigenvalue weighted by Crippen LogP contribution is -2.40. The topological polar surface area (TPSA) is 116 Å². The van der Waals surface area contributed by atoms with Gasteiger partial charge in [0.15, 0.2) is 9.84 Å². The van der Waals surface area contributed by atoms with Gasteiger partial charge in [0.05, 0.1) is 22.4 Å². The van der Waals surface area contributed by atoms with Crippen molar-refractivity contribution >= 4 is 27.5 Å². The van der Waals surface area contributed by atoms with Crippen molar-refractivity contribution < 1.29 is 31.1 Å². The third kappa shape index (κ3) is 5.82. The minimum Gasteiger partial charge on any atom is -0.406 e. The number of hydrogen-bond acceptors (Lipinski definition) is 8. The molecule has 1 aliphatic heterocycles. The van der Waals surface area contributed by atoms with Gasteiger partial charge in [-0.2, -0.15) is 4.68 Å². The Morgan fingerprint density at radius 2 is 2.03 bits per heavy atom. The molecule has 158 valence electrons. The number of ether oxygens (including phenoxy) is 1. The molecule has 29 heavy (non-hydrogen) atoms. The van der Waals surface area contributed by atoms with Crippen molar-refractivity contribution in [2.24, 2.45) is 0 Å². The molecule has 0 aliphatic carbocycles. The number of tetrazole rings is 1. The Balaban J connectivity index is 1.64. The number of hydrogen-bond donors (Lipinski definition) is 1. The van der Waals surface area contributed by atoms with Gasteiger partial charge in [-0.15, -0.1) is 18.3 Å². The lowest BCUT2D eigenvalue weighted by molar-refractivity contribution is -0.274. The molecule has 14 heteroatoms. The van der Waals surface area contributed by atoms with Crippen LogP contribution in [0.5, 0.6) is 5.75 Å². The second kappa shape index (κ2) is 8.18. The molecule has 0 saturated carbocycles. The van der Waals surface area contributed by atoms with E-state index in [4.69, 9.17) is 0 Å². The van der Waals surface area contributed by atoms with Crippen molar-refractivity contribution in [2.75, 3.05) is 11.5 Å². The molecule has 0 bridgehead atoms. The number of nitrogens with one attached hydrogen (secondary N) is 1. The fraction of sp³-hybridized carbons (Fsp3) is 0.467. The number of alkyl halides is 3. The number of rotatable bonds is 6. The lowest BCUT2D eigenvalue weighted by atomic mass is 10.2. The smallest absolute Gasteiger partial charge is 0.406 e. The largest absolute Gasteiger partial charge is 0.573 e. The molecule has 1 fully saturated rings. The van der Waals surface area contributed by atoms with Crippen molar-refractivity contribution in [3.8, 4) is 11.4 Å². The van der Waals surface area contributed by atoms with Crippen LogP contribution >= 0.6 is 11.8 Å². The molecule has 0 spiro atoms. The maximum atomic E-state index is 12.3. The second-order valence-corrected chi connectivity index (χ2v) is 9.82. The van der Waals surface area contributed by atoms with Gasteiger partial charge in [0.1, 0.15) is 5.75 Å². The molecule has 2 aromatic rings. The van der Waals surface area contributed by atoms with Crippen molar-refractivity contribution in [3.63, 3.8) is 0 Å². The predicted molar refractivity (Wildman–Crippen MR) is 96.4 cm³/mol. The zero-order chi connectivity index (χ0) is 21.2. The SMILES string of the molecule is CC(Sc1nnnn1-c1ccc(OC(F)(F)F)cc1)C(=O)NC1CCS(=O)(=O)C1. The van der Waals surface area contributed by atoms with E-state index in [0.29, 0.717) is 12.1 Å². The highest BCUT2D eigenvalue weighted by Crippen LogP contribution is 2.26. The summed E-state index contributed by atoms with van der Waals surface area (Å²) in [6.45, 7) is 1.61. The van der Waals surface area contributed by atoms with Crippen molar-refractivity contribution in [2.45, 2.75) is 36.2 Å². The molecule has 2 unspecified atom stereocenters. The highest BCUT2D eigenvalue weighted by Gasteiger charge is 2.32. The summed E-state index contributed by atoms with van der Waals surface area (Å²) >= 11 is 1.03. The van der Waals surface area contributed by atoms with Crippen molar-refractivity contribution in [1.82, 2.24) is 25.5 Å². The number of thioether (sulfide) groups is 1. The third-order valence-corrected chi connectivity index (χ3v) is 6.79. The summed E-state index contributed by atoms with van der Waals surface area (Å²) in [5.74, 6) is -0.783. The fourth-order valence-electron chi connectivity index (χ4n) is 2.64. The van der Waals surface area contributed by atoms with Crippen LogP contribution in [0.15, 0.2) is 29.4 Å². The van der Waals surface area contributed by atoms with E-state index in [1.165, 1.54) is 16.8 Å². The first-order chi connectivity index (χ1) is 13.5. The number of carbonyl (C=O) groups is 1. The van der Waals surface area contributed by atoms with Crippen LogP contribution in [0.4, 0.5) is 13.2 Å². The molecule has 2 atom stereocenters. The minimum absolute atomic E-state index is 0.0474. The van der Waals surface area contributed by atoms with Gasteiger partial charge in [0.2, 0.25) is 11.1 Å². The van der Waals surface area contributed by atoms with E-state index >= 15 is 0 Å². The average Bonchev–Trinajstić information content (AvgIpc) is 3.20. The molecule has 1 aromatic carbocycles. The number of nitrogens with zero attached hydrogens (tertiary/aromatic N) is 4. The minimum atomic E-state index is -4.79. The van der Waals surface area contributed by atoms with Crippen LogP contribution in [0, 0.1) is 0 Å². The van der Waals surface area contributed by atoms with Gasteiger partial charge in [0.25, 0.3) is 0 Å². The van der Waals surface area contributed by atoms with Gasteiger partial charge in [0, 0.05) is 6.04 Å². The van der Waals surface area contributed by atoms with Crippen LogP contribution in [-0.2, 0) is 14.6 Å². The molecular formula is C15H16F3N5O4S2. The third-order valence-electron chi connectivity index (χ3n) is 3.99. The summed E-state index contributed by atoms with van der Waals surface area (Å²) < 4.78 is 64.8. The van der Waals surface area contributed by atoms with Gasteiger partial charge in [-0.05, 0) is 48.0 Å². The molecule has 1 amide bonds. The van der Waals surface area contributed by atoms with Gasteiger partial charge in [-0.3, -0.25) is 4.79 Å². The highest BCUT2D eigenvalue weighted by molar-refractivity contribution is 8.00. The molecule has 1 aliphatic rings. The van der Waals surface area contributed by atoms with Gasteiger partial charge in [-0.25, -0.2) is 8.42 Å². The van der Waals surface area contributed by atoms with Gasteiger partial charge < -0.3 is 10.1 Å². The van der Waals surface area contributed by atoms with Crippen LogP contribution < -0.4 is 10.1 Å². The molecule has 9 nitrogen and oxygen atoms in total. The Bertz CT molecular complexity index is 979. The Kier molecular flexibility index (Phi) is 6.03. The summed E-state index contributed by atoms with van der Waals surface area (Å²) in [5, 5.41) is 13.5. The number of carbonyl (C=O) groups excluding carboxylic acids is 1. The van der Waals surface area contributed by atoms with Gasteiger partial charge in [-0.1, -0.05) is 11.8 Å². The number of sulfone groups is 1. The van der Waals surface area contributed by atoms with Crippen LogP contribution in [-0.4, -0.2) is 63.7 Å². The number of amides is 1. The highest BCUT2D eigenvalue weighted by atomic mass is 32.2. The normalized spacial score (nSPS) is 19.7. The number of halogens is 3.